The number of hydrogen-bond donors (Lipinski definition) is 4. The lowest BCUT2D eigenvalue weighted by Gasteiger charge is -2.09. The Morgan fingerprint density at radius 3 is 1.62 bits per heavy atom. The molecule has 0 aliphatic heterocycles. The van der Waals surface area contributed by atoms with Crippen molar-refractivity contribution in [1.29, 1.82) is 0 Å². The van der Waals surface area contributed by atoms with Gasteiger partial charge in [0.15, 0.2) is 0 Å². The maximum atomic E-state index is 12.0. The van der Waals surface area contributed by atoms with Crippen LogP contribution < -0.4 is 21.3 Å². The second-order valence-corrected chi connectivity index (χ2v) is 14.2. The Balaban J connectivity index is 0.000000181. The van der Waals surface area contributed by atoms with Crippen LogP contribution in [0.4, 0.5) is 23.3 Å². The van der Waals surface area contributed by atoms with Gasteiger partial charge in [-0.25, -0.2) is 24.9 Å². The minimum Gasteiger partial charge on any atom is -0.350 e. The number of aromatic nitrogens is 5. The van der Waals surface area contributed by atoms with Gasteiger partial charge in [-0.05, 0) is 113 Å². The molecule has 13 heteroatoms. The zero-order chi connectivity index (χ0) is 36.6. The van der Waals surface area contributed by atoms with Crippen LogP contribution in [-0.2, 0) is 0 Å². The maximum absolute atomic E-state index is 12.0. The molecule has 7 rings (SSSR count). The number of fused-ring (bicyclic) bond motifs is 2. The number of thiazole rings is 1. The van der Waals surface area contributed by atoms with Gasteiger partial charge in [0.25, 0.3) is 11.8 Å². The van der Waals surface area contributed by atoms with Crippen LogP contribution in [0.1, 0.15) is 48.4 Å². The first-order valence-electron chi connectivity index (χ1n) is 16.5. The number of hydrogen-bond acceptors (Lipinski definition) is 10. The number of carbonyl (C=O) groups excluding carboxylic acids is 2. The first kappa shape index (κ1) is 36.0. The quantitative estimate of drug-likeness (QED) is 0.113. The number of amides is 2. The second kappa shape index (κ2) is 16.5. The molecule has 0 fully saturated rings. The fraction of sp³-hybridized carbons (Fsp3) is 0.154. The first-order valence-corrected chi connectivity index (χ1v) is 18.2. The second-order valence-electron chi connectivity index (χ2n) is 12.4. The average Bonchev–Trinajstić information content (AvgIpc) is 3.67. The highest BCUT2D eigenvalue weighted by Gasteiger charge is 2.10. The number of nitrogens with zero attached hydrogens (tertiary/aromatic N) is 5. The Bertz CT molecular complexity index is 2310. The zero-order valence-corrected chi connectivity index (χ0v) is 31.3. The molecule has 0 atom stereocenters. The smallest absolute Gasteiger partial charge is 0.251 e. The van der Waals surface area contributed by atoms with Gasteiger partial charge in [-0.1, -0.05) is 15.9 Å². The summed E-state index contributed by atoms with van der Waals surface area (Å²) in [4.78, 5) is 46.1. The summed E-state index contributed by atoms with van der Waals surface area (Å²) < 4.78 is 0.995. The lowest BCUT2D eigenvalue weighted by atomic mass is 10.1. The molecule has 0 unspecified atom stereocenters. The molecule has 3 heterocycles. The molecule has 0 spiro atoms. The highest BCUT2D eigenvalue weighted by atomic mass is 79.9. The van der Waals surface area contributed by atoms with Crippen molar-refractivity contribution in [3.8, 4) is 10.6 Å². The Hall–Kier alpha value is -5.79. The summed E-state index contributed by atoms with van der Waals surface area (Å²) in [6.07, 6.45) is 5.37. The fourth-order valence-corrected chi connectivity index (χ4v) is 6.03. The standard InChI is InChI=1S/C21H19N5OS.C18H17BrN4O/c1-13(2)24-19(27)14-3-6-17(7-4-14)25-21-23-12-16-11-15(5-8-18(16)26-21)20-22-9-10-28-20;1-11(2)21-17(24)12-3-6-15(7-4-12)22-18-20-10-13-9-14(19)5-8-16(13)23-18/h3-13H,1-2H3,(H,24,27)(H,23,25,26);3-11H,1-2H3,(H,21,24)(H,20,22,23). The van der Waals surface area contributed by atoms with E-state index < -0.39 is 0 Å². The molecule has 3 aromatic heterocycles. The van der Waals surface area contributed by atoms with E-state index >= 15 is 0 Å². The third-order valence-electron chi connectivity index (χ3n) is 7.45. The maximum Gasteiger partial charge on any atom is 0.251 e. The minimum absolute atomic E-state index is 0.0796. The van der Waals surface area contributed by atoms with Crippen molar-refractivity contribution in [1.82, 2.24) is 35.6 Å². The van der Waals surface area contributed by atoms with Gasteiger partial charge in [-0.15, -0.1) is 11.3 Å². The van der Waals surface area contributed by atoms with Crippen LogP contribution in [0.2, 0.25) is 0 Å². The number of nitrogens with one attached hydrogen (secondary N) is 4. The van der Waals surface area contributed by atoms with Crippen molar-refractivity contribution in [2.75, 3.05) is 10.6 Å². The van der Waals surface area contributed by atoms with Crippen molar-refractivity contribution >= 4 is 84.2 Å². The topological polar surface area (TPSA) is 147 Å². The minimum atomic E-state index is -0.0838. The summed E-state index contributed by atoms with van der Waals surface area (Å²) in [5, 5.41) is 16.9. The summed E-state index contributed by atoms with van der Waals surface area (Å²) >= 11 is 5.04. The molecule has 262 valence electrons. The van der Waals surface area contributed by atoms with E-state index in [-0.39, 0.29) is 23.9 Å². The summed E-state index contributed by atoms with van der Waals surface area (Å²) in [5.74, 6) is 0.863. The normalized spacial score (nSPS) is 10.9. The molecule has 4 N–H and O–H groups in total. The van der Waals surface area contributed by atoms with Gasteiger partial charge in [-0.2, -0.15) is 0 Å². The Labute approximate surface area is 313 Å². The lowest BCUT2D eigenvalue weighted by Crippen LogP contribution is -2.29. The third kappa shape index (κ3) is 9.50. The van der Waals surface area contributed by atoms with Crippen LogP contribution in [0.15, 0.2) is 113 Å². The molecule has 2 amide bonds. The SMILES string of the molecule is CC(C)NC(=O)c1ccc(Nc2ncc3cc(-c4nccs4)ccc3n2)cc1.CC(C)NC(=O)c1ccc(Nc2ncc3cc(Br)ccc3n2)cc1. The Morgan fingerprint density at radius 1 is 0.635 bits per heavy atom. The third-order valence-corrected chi connectivity index (χ3v) is 8.76. The van der Waals surface area contributed by atoms with Gasteiger partial charge in [0.1, 0.15) is 5.01 Å². The van der Waals surface area contributed by atoms with E-state index in [1.807, 2.05) is 93.7 Å². The van der Waals surface area contributed by atoms with Gasteiger partial charge in [0, 0.05) is 79.4 Å². The van der Waals surface area contributed by atoms with E-state index in [2.05, 4.69) is 62.1 Å². The summed E-state index contributed by atoms with van der Waals surface area (Å²) in [6, 6.07) is 26.6. The summed E-state index contributed by atoms with van der Waals surface area (Å²) in [5.41, 5.74) is 5.66. The molecule has 7 aromatic rings. The zero-order valence-electron chi connectivity index (χ0n) is 28.9. The molecule has 0 saturated carbocycles. The summed E-state index contributed by atoms with van der Waals surface area (Å²) in [7, 11) is 0. The number of halogens is 1. The van der Waals surface area contributed by atoms with Crippen LogP contribution in [0.25, 0.3) is 32.4 Å². The van der Waals surface area contributed by atoms with Crippen molar-refractivity contribution in [2.24, 2.45) is 0 Å². The number of anilines is 4. The van der Waals surface area contributed by atoms with E-state index in [0.717, 1.165) is 48.2 Å². The van der Waals surface area contributed by atoms with E-state index in [9.17, 15) is 9.59 Å². The lowest BCUT2D eigenvalue weighted by molar-refractivity contribution is 0.0934. The molecule has 0 radical (unpaired) electrons. The molecular formula is C39H36BrN9O2S. The molecule has 0 aliphatic carbocycles. The summed E-state index contributed by atoms with van der Waals surface area (Å²) in [6.45, 7) is 7.74. The van der Waals surface area contributed by atoms with Gasteiger partial charge >= 0.3 is 0 Å². The van der Waals surface area contributed by atoms with Crippen LogP contribution in [0.5, 0.6) is 0 Å². The molecule has 0 saturated heterocycles. The van der Waals surface area contributed by atoms with Gasteiger partial charge in [0.05, 0.1) is 11.0 Å². The van der Waals surface area contributed by atoms with Crippen molar-refractivity contribution in [2.45, 2.75) is 39.8 Å². The van der Waals surface area contributed by atoms with Crippen LogP contribution in [0.3, 0.4) is 0 Å². The van der Waals surface area contributed by atoms with Crippen molar-refractivity contribution in [3.63, 3.8) is 0 Å². The fourth-order valence-electron chi connectivity index (χ4n) is 5.02. The van der Waals surface area contributed by atoms with E-state index in [1.54, 1.807) is 54.2 Å². The molecule has 11 nitrogen and oxygen atoms in total. The van der Waals surface area contributed by atoms with Crippen LogP contribution in [-0.4, -0.2) is 48.8 Å². The van der Waals surface area contributed by atoms with Crippen molar-refractivity contribution in [3.05, 3.63) is 124 Å². The van der Waals surface area contributed by atoms with E-state index in [1.165, 1.54) is 0 Å². The van der Waals surface area contributed by atoms with Crippen LogP contribution in [0, 0.1) is 0 Å². The monoisotopic (exact) mass is 773 g/mol. The molecular weight excluding hydrogens is 738 g/mol. The van der Waals surface area contributed by atoms with Crippen molar-refractivity contribution < 1.29 is 9.59 Å². The number of carbonyl (C=O) groups is 2. The van der Waals surface area contributed by atoms with Gasteiger partial charge in [-0.3, -0.25) is 9.59 Å². The van der Waals surface area contributed by atoms with Crippen LogP contribution >= 0.6 is 27.3 Å². The molecule has 0 bridgehead atoms. The highest BCUT2D eigenvalue weighted by Crippen LogP contribution is 2.26. The predicted octanol–water partition coefficient (Wildman–Crippen LogP) is 8.91. The average molecular weight is 775 g/mol. The number of benzene rings is 4. The Kier molecular flexibility index (Phi) is 11.4. The Morgan fingerprint density at radius 2 is 1.13 bits per heavy atom. The van der Waals surface area contributed by atoms with Gasteiger partial charge in [0.2, 0.25) is 11.9 Å². The first-order chi connectivity index (χ1) is 25.1. The highest BCUT2D eigenvalue weighted by molar-refractivity contribution is 9.10. The van der Waals surface area contributed by atoms with Gasteiger partial charge < -0.3 is 21.3 Å². The molecule has 4 aromatic carbocycles. The van der Waals surface area contributed by atoms with E-state index in [0.29, 0.717) is 23.0 Å². The molecule has 52 heavy (non-hydrogen) atoms. The molecule has 0 aliphatic rings. The number of rotatable bonds is 9. The predicted molar refractivity (Wildman–Crippen MR) is 213 cm³/mol. The largest absolute Gasteiger partial charge is 0.350 e. The van der Waals surface area contributed by atoms with E-state index in [4.69, 9.17) is 0 Å².